The standard InChI is InChI=1S/C16H17N7.C7H13NO.2H2/c1-9(2)23-10(3)19-13-5-4-12(20-15(13)23)11-6-7-22-14(11)8-18-16(17)21-22;1-6(9)8-7(2)4-3-5-7;;/h4-9H,1-3H3,(H2,17,21);3-5H2,1-2H3,(H,8,9);2*1H. The summed E-state index contributed by atoms with van der Waals surface area (Å²) in [6, 6.07) is 6.26. The number of imidazole rings is 1. The van der Waals surface area contributed by atoms with E-state index in [1.165, 1.54) is 6.42 Å². The Morgan fingerprint density at radius 1 is 1.25 bits per heavy atom. The lowest BCUT2D eigenvalue weighted by Gasteiger charge is -2.38. The van der Waals surface area contributed by atoms with Crippen LogP contribution in [-0.4, -0.2) is 40.6 Å². The molecule has 0 aliphatic heterocycles. The van der Waals surface area contributed by atoms with Crippen molar-refractivity contribution in [3.63, 3.8) is 0 Å². The average Bonchev–Trinajstić information content (AvgIpc) is 3.25. The Balaban J connectivity index is 0.000000318. The molecular formula is C23H34N8O. The van der Waals surface area contributed by atoms with E-state index in [1.54, 1.807) is 17.6 Å². The number of nitrogens with one attached hydrogen (secondary N) is 1. The quantitative estimate of drug-likeness (QED) is 0.496. The molecule has 1 amide bonds. The largest absolute Gasteiger partial charge is 0.367 e. The summed E-state index contributed by atoms with van der Waals surface area (Å²) >= 11 is 0. The predicted octanol–water partition coefficient (Wildman–Crippen LogP) is 4.17. The fraction of sp³-hybridized carbons (Fsp3) is 0.435. The Bertz CT molecular complexity index is 1290. The molecule has 172 valence electrons. The smallest absolute Gasteiger partial charge is 0.238 e. The first kappa shape index (κ1) is 21.7. The van der Waals surface area contributed by atoms with Crippen LogP contribution in [0.5, 0.6) is 0 Å². The van der Waals surface area contributed by atoms with Gasteiger partial charge in [0.1, 0.15) is 11.3 Å². The van der Waals surface area contributed by atoms with E-state index in [9.17, 15) is 4.79 Å². The van der Waals surface area contributed by atoms with Gasteiger partial charge >= 0.3 is 0 Å². The number of hydrogen-bond acceptors (Lipinski definition) is 6. The summed E-state index contributed by atoms with van der Waals surface area (Å²) in [6.45, 7) is 9.94. The van der Waals surface area contributed by atoms with Crippen LogP contribution in [0.3, 0.4) is 0 Å². The van der Waals surface area contributed by atoms with Gasteiger partial charge in [-0.2, -0.15) is 0 Å². The van der Waals surface area contributed by atoms with E-state index in [2.05, 4.69) is 45.7 Å². The van der Waals surface area contributed by atoms with Crippen LogP contribution in [0.4, 0.5) is 5.95 Å². The van der Waals surface area contributed by atoms with Crippen LogP contribution in [-0.2, 0) is 4.79 Å². The number of carbonyl (C=O) groups excluding carboxylic acids is 1. The van der Waals surface area contributed by atoms with Gasteiger partial charge in [-0.05, 0) is 65.2 Å². The van der Waals surface area contributed by atoms with Gasteiger partial charge in [-0.15, -0.1) is 5.10 Å². The second-order valence-electron chi connectivity index (χ2n) is 8.93. The second kappa shape index (κ2) is 8.22. The summed E-state index contributed by atoms with van der Waals surface area (Å²) in [7, 11) is 0. The number of nitrogens with two attached hydrogens (primary N) is 1. The number of rotatable bonds is 3. The fourth-order valence-electron chi connectivity index (χ4n) is 4.24. The van der Waals surface area contributed by atoms with Gasteiger partial charge in [0.15, 0.2) is 5.65 Å². The van der Waals surface area contributed by atoms with E-state index >= 15 is 0 Å². The van der Waals surface area contributed by atoms with Crippen molar-refractivity contribution < 1.29 is 7.65 Å². The number of hydrogen-bond donors (Lipinski definition) is 2. The third kappa shape index (κ3) is 4.15. The number of nitrogen functional groups attached to an aromatic ring is 1. The molecule has 0 aromatic carbocycles. The molecular weight excluding hydrogens is 404 g/mol. The van der Waals surface area contributed by atoms with Crippen LogP contribution in [0.1, 0.15) is 61.7 Å². The maximum Gasteiger partial charge on any atom is 0.238 e. The van der Waals surface area contributed by atoms with E-state index in [0.29, 0.717) is 6.04 Å². The van der Waals surface area contributed by atoms with E-state index in [1.807, 2.05) is 31.3 Å². The first-order chi connectivity index (χ1) is 15.2. The topological polar surface area (TPSA) is 116 Å². The maximum absolute atomic E-state index is 10.5. The molecule has 0 saturated heterocycles. The van der Waals surface area contributed by atoms with Crippen LogP contribution in [0.2, 0.25) is 0 Å². The lowest BCUT2D eigenvalue weighted by Crippen LogP contribution is -2.50. The Morgan fingerprint density at radius 2 is 2.00 bits per heavy atom. The number of aromatic nitrogens is 6. The number of anilines is 1. The molecule has 0 radical (unpaired) electrons. The van der Waals surface area contributed by atoms with Crippen molar-refractivity contribution in [3.05, 3.63) is 36.4 Å². The molecule has 0 bridgehead atoms. The molecule has 4 heterocycles. The van der Waals surface area contributed by atoms with Crippen molar-refractivity contribution in [2.45, 2.75) is 65.5 Å². The van der Waals surface area contributed by atoms with Gasteiger partial charge in [0.05, 0.1) is 17.4 Å². The van der Waals surface area contributed by atoms with E-state index in [0.717, 1.165) is 46.6 Å². The van der Waals surface area contributed by atoms with Crippen molar-refractivity contribution in [1.29, 1.82) is 0 Å². The highest BCUT2D eigenvalue weighted by Crippen LogP contribution is 2.30. The van der Waals surface area contributed by atoms with Crippen LogP contribution in [0.15, 0.2) is 30.6 Å². The molecule has 0 spiro atoms. The van der Waals surface area contributed by atoms with Gasteiger partial charge in [-0.1, -0.05) is 0 Å². The minimum absolute atomic E-state index is 0. The maximum atomic E-state index is 10.5. The van der Waals surface area contributed by atoms with Crippen LogP contribution in [0.25, 0.3) is 27.9 Å². The lowest BCUT2D eigenvalue weighted by atomic mass is 9.78. The summed E-state index contributed by atoms with van der Waals surface area (Å²) in [5, 5.41) is 7.09. The van der Waals surface area contributed by atoms with Gasteiger partial charge in [0.25, 0.3) is 0 Å². The van der Waals surface area contributed by atoms with Gasteiger partial charge in [-0.3, -0.25) is 4.79 Å². The van der Waals surface area contributed by atoms with Crippen molar-refractivity contribution in [3.8, 4) is 11.3 Å². The highest BCUT2D eigenvalue weighted by atomic mass is 16.1. The molecule has 5 rings (SSSR count). The molecule has 1 aliphatic carbocycles. The molecule has 1 aliphatic rings. The van der Waals surface area contributed by atoms with Crippen molar-refractivity contribution in [2.75, 3.05) is 5.73 Å². The van der Waals surface area contributed by atoms with Gasteiger partial charge < -0.3 is 15.6 Å². The molecule has 9 nitrogen and oxygen atoms in total. The van der Waals surface area contributed by atoms with Gasteiger partial charge in [-0.25, -0.2) is 19.5 Å². The van der Waals surface area contributed by atoms with Crippen molar-refractivity contribution >= 4 is 28.5 Å². The molecule has 4 aromatic rings. The summed E-state index contributed by atoms with van der Waals surface area (Å²) in [4.78, 5) is 24.0. The zero-order valence-electron chi connectivity index (χ0n) is 19.3. The first-order valence-corrected chi connectivity index (χ1v) is 10.9. The number of fused-ring (bicyclic) bond motifs is 2. The molecule has 1 fully saturated rings. The predicted molar refractivity (Wildman–Crippen MR) is 129 cm³/mol. The Hall–Kier alpha value is -3.49. The fourth-order valence-corrected chi connectivity index (χ4v) is 4.24. The van der Waals surface area contributed by atoms with Crippen molar-refractivity contribution in [2.24, 2.45) is 0 Å². The lowest BCUT2D eigenvalue weighted by molar-refractivity contribution is -0.121. The normalized spacial score (nSPS) is 14.8. The van der Waals surface area contributed by atoms with Crippen molar-refractivity contribution in [1.82, 2.24) is 34.4 Å². The third-order valence-electron chi connectivity index (χ3n) is 5.88. The summed E-state index contributed by atoms with van der Waals surface area (Å²) < 4.78 is 3.86. The SMILES string of the molecule is CC(=O)NC1(C)CCC1.Cc1nc2ccc(-c3ccn4nc(N)ncc34)nc2n1C(C)C.[HH].[HH]. The highest BCUT2D eigenvalue weighted by molar-refractivity contribution is 5.82. The minimum atomic E-state index is 0. The molecule has 9 heteroatoms. The molecule has 32 heavy (non-hydrogen) atoms. The number of amides is 1. The molecule has 0 unspecified atom stereocenters. The zero-order chi connectivity index (χ0) is 23.0. The highest BCUT2D eigenvalue weighted by Gasteiger charge is 2.31. The average molecular weight is 439 g/mol. The second-order valence-corrected chi connectivity index (χ2v) is 8.93. The Morgan fingerprint density at radius 3 is 2.59 bits per heavy atom. The Labute approximate surface area is 190 Å². The summed E-state index contributed by atoms with van der Waals surface area (Å²) in [5.41, 5.74) is 10.3. The zero-order valence-corrected chi connectivity index (χ0v) is 19.3. The van der Waals surface area contributed by atoms with Gasteiger partial charge in [0.2, 0.25) is 11.9 Å². The van der Waals surface area contributed by atoms with E-state index in [-0.39, 0.29) is 20.2 Å². The number of carbonyl (C=O) groups is 1. The molecule has 0 atom stereocenters. The van der Waals surface area contributed by atoms with Gasteiger partial charge in [0, 0.05) is 33.1 Å². The number of nitrogens with zero attached hydrogens (tertiary/aromatic N) is 6. The van der Waals surface area contributed by atoms with E-state index in [4.69, 9.17) is 10.7 Å². The van der Waals surface area contributed by atoms with E-state index < -0.39 is 0 Å². The Kier molecular flexibility index (Phi) is 5.58. The minimum Gasteiger partial charge on any atom is -0.367 e. The number of aryl methyl sites for hydroxylation is 1. The third-order valence-corrected chi connectivity index (χ3v) is 5.88. The van der Waals surface area contributed by atoms with Crippen LogP contribution >= 0.6 is 0 Å². The van der Waals surface area contributed by atoms with Crippen LogP contribution in [0, 0.1) is 6.92 Å². The summed E-state index contributed by atoms with van der Waals surface area (Å²) in [5.74, 6) is 1.31. The molecule has 3 N–H and O–H groups in total. The van der Waals surface area contributed by atoms with Crippen LogP contribution < -0.4 is 11.1 Å². The molecule has 1 saturated carbocycles. The molecule has 4 aromatic heterocycles. The summed E-state index contributed by atoms with van der Waals surface area (Å²) in [6.07, 6.45) is 7.13. The first-order valence-electron chi connectivity index (χ1n) is 10.9. The number of pyridine rings is 1. The monoisotopic (exact) mass is 438 g/mol.